The van der Waals surface area contributed by atoms with E-state index in [4.69, 9.17) is 11.6 Å². The highest BCUT2D eigenvalue weighted by Gasteiger charge is 2.31. The number of carbonyl (C=O) groups excluding carboxylic acids is 1. The minimum absolute atomic E-state index is 0.0000867. The number of benzene rings is 1. The molecule has 1 rings (SSSR count). The largest absolute Gasteiger partial charge is 0.446 e. The molecule has 0 radical (unpaired) electrons. The van der Waals surface area contributed by atoms with Crippen LogP contribution in [0.3, 0.4) is 0 Å². The number of nitriles is 1. The van der Waals surface area contributed by atoms with Gasteiger partial charge in [-0.1, -0.05) is 24.9 Å². The van der Waals surface area contributed by atoms with Crippen LogP contribution in [-0.4, -0.2) is 11.3 Å². The molecular formula is C17H17ClF3NOS. The van der Waals surface area contributed by atoms with Gasteiger partial charge in [-0.05, 0) is 55.3 Å². The van der Waals surface area contributed by atoms with Crippen molar-refractivity contribution in [3.8, 4) is 6.07 Å². The Morgan fingerprint density at radius 3 is 2.33 bits per heavy atom. The van der Waals surface area contributed by atoms with E-state index in [1.165, 1.54) is 0 Å². The number of unbranched alkanes of at least 4 members (excludes halogenated alkanes) is 1. The van der Waals surface area contributed by atoms with Crippen LogP contribution >= 0.6 is 23.4 Å². The van der Waals surface area contributed by atoms with Gasteiger partial charge in [0.2, 0.25) is 0 Å². The first-order valence-corrected chi connectivity index (χ1v) is 8.63. The van der Waals surface area contributed by atoms with Crippen LogP contribution in [0.5, 0.6) is 0 Å². The molecule has 2 nitrogen and oxygen atoms in total. The molecule has 1 aromatic rings. The lowest BCUT2D eigenvalue weighted by Crippen LogP contribution is -2.04. The van der Waals surface area contributed by atoms with Crippen molar-refractivity contribution < 1.29 is 18.0 Å². The van der Waals surface area contributed by atoms with E-state index in [0.29, 0.717) is 17.0 Å². The maximum absolute atomic E-state index is 12.7. The molecule has 0 saturated heterocycles. The Labute approximate surface area is 148 Å². The summed E-state index contributed by atoms with van der Waals surface area (Å²) in [7, 11) is 0. The Bertz CT molecular complexity index is 633. The van der Waals surface area contributed by atoms with E-state index in [1.807, 2.05) is 13.0 Å². The predicted molar refractivity (Wildman–Crippen MR) is 90.8 cm³/mol. The first-order valence-electron chi connectivity index (χ1n) is 7.43. The van der Waals surface area contributed by atoms with Gasteiger partial charge in [-0.3, -0.25) is 4.79 Å². The maximum atomic E-state index is 12.7. The molecule has 0 aliphatic rings. The molecule has 0 bridgehead atoms. The van der Waals surface area contributed by atoms with Crippen molar-refractivity contribution in [2.75, 3.05) is 0 Å². The zero-order chi connectivity index (χ0) is 18.2. The van der Waals surface area contributed by atoms with Gasteiger partial charge in [0.15, 0.2) is 5.78 Å². The van der Waals surface area contributed by atoms with Crippen LogP contribution in [0, 0.1) is 11.3 Å². The van der Waals surface area contributed by atoms with Crippen molar-refractivity contribution in [2.45, 2.75) is 44.5 Å². The minimum Gasteiger partial charge on any atom is -0.294 e. The summed E-state index contributed by atoms with van der Waals surface area (Å²) in [5, 5.41) is 9.69. The van der Waals surface area contributed by atoms with Gasteiger partial charge < -0.3 is 0 Å². The number of nitrogens with zero attached hydrogens (tertiary/aromatic N) is 1. The highest BCUT2D eigenvalue weighted by Crippen LogP contribution is 2.40. The van der Waals surface area contributed by atoms with Crippen molar-refractivity contribution in [2.24, 2.45) is 0 Å². The number of allylic oxidation sites excluding steroid dienone is 2. The summed E-state index contributed by atoms with van der Waals surface area (Å²) in [5.74, 6) is -0.230. The molecule has 24 heavy (non-hydrogen) atoms. The van der Waals surface area contributed by atoms with Gasteiger partial charge in [-0.25, -0.2) is 0 Å². The van der Waals surface area contributed by atoms with Crippen LogP contribution in [0.15, 0.2) is 34.7 Å². The standard InChI is InChI=1S/C17H17ClF3NOS/c1-2-3-4-16(24-17(19,20)21)13(11-22)7-10-15(23)12-5-8-14(18)9-6-12/h5-6,8-9H,2-4,7,10H2,1H3/b16-13+. The number of carbonyl (C=O) groups is 1. The van der Waals surface area contributed by atoms with Crippen LogP contribution in [-0.2, 0) is 0 Å². The van der Waals surface area contributed by atoms with Crippen molar-refractivity contribution in [3.63, 3.8) is 0 Å². The molecule has 0 N–H and O–H groups in total. The zero-order valence-corrected chi connectivity index (χ0v) is 14.7. The van der Waals surface area contributed by atoms with E-state index >= 15 is 0 Å². The predicted octanol–water partition coefficient (Wildman–Crippen LogP) is 6.52. The van der Waals surface area contributed by atoms with Gasteiger partial charge in [0.1, 0.15) is 0 Å². The molecule has 0 spiro atoms. The van der Waals surface area contributed by atoms with Gasteiger partial charge in [0, 0.05) is 27.5 Å². The number of halogens is 4. The smallest absolute Gasteiger partial charge is 0.294 e. The summed E-state index contributed by atoms with van der Waals surface area (Å²) in [6, 6.07) is 8.09. The molecule has 0 atom stereocenters. The number of hydrogen-bond acceptors (Lipinski definition) is 3. The molecule has 0 aromatic heterocycles. The molecule has 0 saturated carbocycles. The zero-order valence-electron chi connectivity index (χ0n) is 13.1. The van der Waals surface area contributed by atoms with E-state index in [0.717, 1.165) is 6.42 Å². The van der Waals surface area contributed by atoms with E-state index in [2.05, 4.69) is 0 Å². The van der Waals surface area contributed by atoms with Crippen molar-refractivity contribution in [1.29, 1.82) is 5.26 Å². The first-order chi connectivity index (χ1) is 11.3. The number of alkyl halides is 3. The van der Waals surface area contributed by atoms with Crippen molar-refractivity contribution >= 4 is 29.1 Å². The third-order valence-electron chi connectivity index (χ3n) is 3.24. The summed E-state index contributed by atoms with van der Waals surface area (Å²) in [5.41, 5.74) is -3.98. The summed E-state index contributed by atoms with van der Waals surface area (Å²) < 4.78 is 38.0. The normalized spacial score (nSPS) is 12.5. The van der Waals surface area contributed by atoms with E-state index in [-0.39, 0.29) is 47.3 Å². The second-order valence-corrected chi connectivity index (χ2v) is 6.69. The quantitative estimate of drug-likeness (QED) is 0.383. The number of hydrogen-bond donors (Lipinski definition) is 0. The van der Waals surface area contributed by atoms with Crippen LogP contribution in [0.2, 0.25) is 5.02 Å². The molecule has 0 fully saturated rings. The molecule has 0 unspecified atom stereocenters. The average molecular weight is 376 g/mol. The molecule has 130 valence electrons. The van der Waals surface area contributed by atoms with Gasteiger partial charge in [0.05, 0.1) is 6.07 Å². The number of Topliss-reactive ketones (excluding diaryl/α,β-unsaturated/α-hetero) is 1. The summed E-state index contributed by atoms with van der Waals surface area (Å²) in [6.07, 6.45) is 1.47. The fourth-order valence-electron chi connectivity index (χ4n) is 2.02. The van der Waals surface area contributed by atoms with E-state index < -0.39 is 5.51 Å². The Hall–Kier alpha value is -1.45. The van der Waals surface area contributed by atoms with E-state index in [9.17, 15) is 23.2 Å². The van der Waals surface area contributed by atoms with Crippen LogP contribution in [0.4, 0.5) is 13.2 Å². The lowest BCUT2D eigenvalue weighted by molar-refractivity contribution is -0.0322. The lowest BCUT2D eigenvalue weighted by Gasteiger charge is -2.12. The highest BCUT2D eigenvalue weighted by atomic mass is 35.5. The fraction of sp³-hybridized carbons (Fsp3) is 0.412. The Morgan fingerprint density at radius 1 is 1.21 bits per heavy atom. The topological polar surface area (TPSA) is 40.9 Å². The molecule has 0 aliphatic carbocycles. The van der Waals surface area contributed by atoms with E-state index in [1.54, 1.807) is 24.3 Å². The second-order valence-electron chi connectivity index (χ2n) is 5.09. The summed E-state index contributed by atoms with van der Waals surface area (Å²) >= 11 is 5.50. The molecule has 0 amide bonds. The number of thioether (sulfide) groups is 1. The van der Waals surface area contributed by atoms with Crippen molar-refractivity contribution in [3.05, 3.63) is 45.3 Å². The molecular weight excluding hydrogens is 359 g/mol. The molecule has 1 aromatic carbocycles. The average Bonchev–Trinajstić information content (AvgIpc) is 2.52. The minimum atomic E-state index is -4.44. The first kappa shape index (κ1) is 20.6. The monoisotopic (exact) mass is 375 g/mol. The van der Waals surface area contributed by atoms with Crippen LogP contribution < -0.4 is 0 Å². The van der Waals surface area contributed by atoms with Crippen molar-refractivity contribution in [1.82, 2.24) is 0 Å². The maximum Gasteiger partial charge on any atom is 0.446 e. The number of rotatable bonds is 8. The Morgan fingerprint density at radius 2 is 1.83 bits per heavy atom. The summed E-state index contributed by atoms with van der Waals surface area (Å²) in [6.45, 7) is 1.87. The summed E-state index contributed by atoms with van der Waals surface area (Å²) in [4.78, 5) is 12.1. The van der Waals surface area contributed by atoms with Gasteiger partial charge in [0.25, 0.3) is 0 Å². The fourth-order valence-corrected chi connectivity index (χ4v) is 2.94. The van der Waals surface area contributed by atoms with Crippen LogP contribution in [0.25, 0.3) is 0 Å². The Balaban J connectivity index is 2.85. The SMILES string of the molecule is CCCC/C(SC(F)(F)F)=C(\C#N)CCC(=O)c1ccc(Cl)cc1. The molecule has 0 aliphatic heterocycles. The van der Waals surface area contributed by atoms with Gasteiger partial charge in [-0.2, -0.15) is 18.4 Å². The Kier molecular flexibility index (Phi) is 8.37. The number of ketones is 1. The molecule has 0 heterocycles. The second kappa shape index (κ2) is 9.75. The van der Waals surface area contributed by atoms with Gasteiger partial charge in [-0.15, -0.1) is 0 Å². The third-order valence-corrected chi connectivity index (χ3v) is 4.42. The van der Waals surface area contributed by atoms with Crippen LogP contribution in [0.1, 0.15) is 49.4 Å². The third kappa shape index (κ3) is 7.41. The lowest BCUT2D eigenvalue weighted by atomic mass is 10.0. The molecule has 7 heteroatoms. The highest BCUT2D eigenvalue weighted by molar-refractivity contribution is 8.03. The van der Waals surface area contributed by atoms with Gasteiger partial charge >= 0.3 is 5.51 Å².